The van der Waals surface area contributed by atoms with Crippen LogP contribution in [-0.4, -0.2) is 9.78 Å². The van der Waals surface area contributed by atoms with E-state index in [1.54, 1.807) is 0 Å². The number of hydrogen-bond donors (Lipinski definition) is 1. The third kappa shape index (κ3) is 2.77. The Labute approximate surface area is 125 Å². The summed E-state index contributed by atoms with van der Waals surface area (Å²) >= 11 is 0. The van der Waals surface area contributed by atoms with Crippen LogP contribution < -0.4 is 5.32 Å². The largest absolute Gasteiger partial charge is 0.379 e. The SMILES string of the molecule is CC(C)c1ccc(NCc2nn(C)c3ccccc23)cc1. The molecule has 1 N–H and O–H groups in total. The van der Waals surface area contributed by atoms with E-state index in [9.17, 15) is 0 Å². The Morgan fingerprint density at radius 2 is 1.76 bits per heavy atom. The number of aryl methyl sites for hydroxylation is 1. The lowest BCUT2D eigenvalue weighted by Crippen LogP contribution is -2.01. The summed E-state index contributed by atoms with van der Waals surface area (Å²) < 4.78 is 1.94. The van der Waals surface area contributed by atoms with Crippen molar-refractivity contribution in [2.24, 2.45) is 7.05 Å². The van der Waals surface area contributed by atoms with Crippen molar-refractivity contribution < 1.29 is 0 Å². The maximum absolute atomic E-state index is 4.60. The van der Waals surface area contributed by atoms with Crippen LogP contribution >= 0.6 is 0 Å². The van der Waals surface area contributed by atoms with Gasteiger partial charge in [-0.2, -0.15) is 5.10 Å². The molecule has 3 nitrogen and oxygen atoms in total. The van der Waals surface area contributed by atoms with E-state index in [-0.39, 0.29) is 0 Å². The fourth-order valence-electron chi connectivity index (χ4n) is 2.59. The normalized spacial score (nSPS) is 11.2. The molecule has 108 valence electrons. The molecule has 0 saturated carbocycles. The molecule has 0 atom stereocenters. The molecule has 3 rings (SSSR count). The zero-order chi connectivity index (χ0) is 14.8. The van der Waals surface area contributed by atoms with Gasteiger partial charge >= 0.3 is 0 Å². The maximum Gasteiger partial charge on any atom is 0.0894 e. The molecule has 2 aromatic carbocycles. The minimum absolute atomic E-state index is 0.568. The number of fused-ring (bicyclic) bond motifs is 1. The third-order valence-corrected chi connectivity index (χ3v) is 3.87. The average molecular weight is 279 g/mol. The summed E-state index contributed by atoms with van der Waals surface area (Å²) in [7, 11) is 1.99. The summed E-state index contributed by atoms with van der Waals surface area (Å²) in [5.74, 6) is 0.568. The molecular formula is C18H21N3. The molecule has 0 amide bonds. The van der Waals surface area contributed by atoms with Crippen molar-refractivity contribution in [3.8, 4) is 0 Å². The highest BCUT2D eigenvalue weighted by molar-refractivity contribution is 5.82. The maximum atomic E-state index is 4.60. The van der Waals surface area contributed by atoms with Crippen molar-refractivity contribution in [1.29, 1.82) is 0 Å². The van der Waals surface area contributed by atoms with Gasteiger partial charge in [0.1, 0.15) is 0 Å². The highest BCUT2D eigenvalue weighted by atomic mass is 15.3. The molecule has 0 radical (unpaired) electrons. The molecule has 21 heavy (non-hydrogen) atoms. The van der Waals surface area contributed by atoms with E-state index >= 15 is 0 Å². The van der Waals surface area contributed by atoms with E-state index in [1.807, 2.05) is 17.8 Å². The first kappa shape index (κ1) is 13.7. The van der Waals surface area contributed by atoms with E-state index in [1.165, 1.54) is 16.5 Å². The van der Waals surface area contributed by atoms with Gasteiger partial charge in [-0.15, -0.1) is 0 Å². The average Bonchev–Trinajstić information content (AvgIpc) is 2.83. The minimum atomic E-state index is 0.568. The van der Waals surface area contributed by atoms with Crippen LogP contribution in [0.1, 0.15) is 31.0 Å². The molecule has 1 aromatic heterocycles. The van der Waals surface area contributed by atoms with E-state index < -0.39 is 0 Å². The van der Waals surface area contributed by atoms with Crippen molar-refractivity contribution in [1.82, 2.24) is 9.78 Å². The van der Waals surface area contributed by atoms with Gasteiger partial charge in [0.2, 0.25) is 0 Å². The lowest BCUT2D eigenvalue weighted by Gasteiger charge is -2.08. The fraction of sp³-hybridized carbons (Fsp3) is 0.278. The van der Waals surface area contributed by atoms with Gasteiger partial charge in [-0.1, -0.05) is 44.2 Å². The van der Waals surface area contributed by atoms with Crippen molar-refractivity contribution in [2.75, 3.05) is 5.32 Å². The van der Waals surface area contributed by atoms with Crippen molar-refractivity contribution in [2.45, 2.75) is 26.3 Å². The molecule has 0 saturated heterocycles. The quantitative estimate of drug-likeness (QED) is 0.771. The van der Waals surface area contributed by atoms with Gasteiger partial charge in [0.15, 0.2) is 0 Å². The second kappa shape index (κ2) is 5.60. The van der Waals surface area contributed by atoms with Gasteiger partial charge in [-0.3, -0.25) is 4.68 Å². The first-order valence-electron chi connectivity index (χ1n) is 7.39. The summed E-state index contributed by atoms with van der Waals surface area (Å²) in [6, 6.07) is 17.0. The van der Waals surface area contributed by atoms with Gasteiger partial charge in [0.05, 0.1) is 17.8 Å². The van der Waals surface area contributed by atoms with Gasteiger partial charge in [-0.05, 0) is 29.7 Å². The van der Waals surface area contributed by atoms with E-state index in [2.05, 4.69) is 66.7 Å². The monoisotopic (exact) mass is 279 g/mol. The van der Waals surface area contributed by atoms with Gasteiger partial charge in [0.25, 0.3) is 0 Å². The van der Waals surface area contributed by atoms with Crippen LogP contribution in [0.15, 0.2) is 48.5 Å². The van der Waals surface area contributed by atoms with E-state index in [0.29, 0.717) is 5.92 Å². The van der Waals surface area contributed by atoms with E-state index in [0.717, 1.165) is 17.9 Å². The molecule has 3 aromatic rings. The predicted molar refractivity (Wildman–Crippen MR) is 88.6 cm³/mol. The minimum Gasteiger partial charge on any atom is -0.379 e. The summed E-state index contributed by atoms with van der Waals surface area (Å²) in [4.78, 5) is 0. The lowest BCUT2D eigenvalue weighted by molar-refractivity contribution is 0.771. The van der Waals surface area contributed by atoms with Crippen LogP contribution in [0.3, 0.4) is 0 Å². The van der Waals surface area contributed by atoms with Crippen LogP contribution in [0, 0.1) is 0 Å². The van der Waals surface area contributed by atoms with Gasteiger partial charge in [0, 0.05) is 18.1 Å². The molecule has 0 spiro atoms. The van der Waals surface area contributed by atoms with Crippen LogP contribution in [-0.2, 0) is 13.6 Å². The Balaban J connectivity index is 1.77. The zero-order valence-electron chi connectivity index (χ0n) is 12.8. The number of aromatic nitrogens is 2. The molecule has 0 bridgehead atoms. The topological polar surface area (TPSA) is 29.9 Å². The number of nitrogens with zero attached hydrogens (tertiary/aromatic N) is 2. The fourth-order valence-corrected chi connectivity index (χ4v) is 2.59. The van der Waals surface area contributed by atoms with Gasteiger partial charge < -0.3 is 5.32 Å². The second-order valence-electron chi connectivity index (χ2n) is 5.72. The molecule has 0 aliphatic rings. The summed E-state index contributed by atoms with van der Waals surface area (Å²) in [5, 5.41) is 9.28. The molecule has 0 aliphatic carbocycles. The summed E-state index contributed by atoms with van der Waals surface area (Å²) in [6.07, 6.45) is 0. The number of benzene rings is 2. The van der Waals surface area contributed by atoms with E-state index in [4.69, 9.17) is 0 Å². The second-order valence-corrected chi connectivity index (χ2v) is 5.72. The molecule has 3 heteroatoms. The Bertz CT molecular complexity index is 739. The zero-order valence-corrected chi connectivity index (χ0v) is 12.8. The highest BCUT2D eigenvalue weighted by Crippen LogP contribution is 2.20. The molecule has 0 aliphatic heterocycles. The Morgan fingerprint density at radius 1 is 1.05 bits per heavy atom. The Morgan fingerprint density at radius 3 is 2.48 bits per heavy atom. The first-order valence-corrected chi connectivity index (χ1v) is 7.39. The first-order chi connectivity index (χ1) is 10.1. The predicted octanol–water partition coefficient (Wildman–Crippen LogP) is 4.31. The van der Waals surface area contributed by atoms with Gasteiger partial charge in [-0.25, -0.2) is 0 Å². The summed E-state index contributed by atoms with van der Waals surface area (Å²) in [5.41, 5.74) is 4.75. The number of nitrogens with one attached hydrogen (secondary N) is 1. The Hall–Kier alpha value is -2.29. The molecule has 1 heterocycles. The van der Waals surface area contributed by atoms with Crippen molar-refractivity contribution in [3.05, 3.63) is 59.8 Å². The van der Waals surface area contributed by atoms with Crippen molar-refractivity contribution in [3.63, 3.8) is 0 Å². The van der Waals surface area contributed by atoms with Crippen molar-refractivity contribution >= 4 is 16.6 Å². The number of anilines is 1. The lowest BCUT2D eigenvalue weighted by atomic mass is 10.0. The third-order valence-electron chi connectivity index (χ3n) is 3.87. The molecule has 0 unspecified atom stereocenters. The smallest absolute Gasteiger partial charge is 0.0894 e. The van der Waals surface area contributed by atoms with Crippen LogP contribution in [0.5, 0.6) is 0 Å². The molecule has 0 fully saturated rings. The Kier molecular flexibility index (Phi) is 3.65. The molecular weight excluding hydrogens is 258 g/mol. The van der Waals surface area contributed by atoms with Crippen LogP contribution in [0.4, 0.5) is 5.69 Å². The van der Waals surface area contributed by atoms with Crippen LogP contribution in [0.2, 0.25) is 0 Å². The van der Waals surface area contributed by atoms with Crippen LogP contribution in [0.25, 0.3) is 10.9 Å². The standard InChI is InChI=1S/C18H21N3/c1-13(2)14-8-10-15(11-9-14)19-12-17-16-6-4-5-7-18(16)21(3)20-17/h4-11,13,19H,12H2,1-3H3. The number of rotatable bonds is 4. The highest BCUT2D eigenvalue weighted by Gasteiger charge is 2.07. The summed E-state index contributed by atoms with van der Waals surface area (Å²) in [6.45, 7) is 5.16. The number of hydrogen-bond acceptors (Lipinski definition) is 2. The number of para-hydroxylation sites is 1.